The van der Waals surface area contributed by atoms with Crippen molar-refractivity contribution in [2.45, 2.75) is 56.7 Å². The number of hydrogen-bond donors (Lipinski definition) is 2. The number of carbonyl (C=O) groups is 1. The molecule has 1 saturated carbocycles. The van der Waals surface area contributed by atoms with E-state index in [2.05, 4.69) is 10.6 Å². The van der Waals surface area contributed by atoms with E-state index in [-0.39, 0.29) is 18.1 Å². The number of rotatable bonds is 3. The summed E-state index contributed by atoms with van der Waals surface area (Å²) in [6.45, 7) is 2.29. The van der Waals surface area contributed by atoms with Crippen LogP contribution in [0.4, 0.5) is 4.79 Å². The Morgan fingerprint density at radius 3 is 2.32 bits per heavy atom. The van der Waals surface area contributed by atoms with Gasteiger partial charge in [-0.1, -0.05) is 0 Å². The minimum Gasteiger partial charge on any atom is -0.381 e. The first-order valence-corrected chi connectivity index (χ1v) is 7.57. The predicted octanol–water partition coefficient (Wildman–Crippen LogP) is 1.42. The fourth-order valence-corrected chi connectivity index (χ4v) is 3.01. The summed E-state index contributed by atoms with van der Waals surface area (Å²) in [5.41, 5.74) is 0. The maximum absolute atomic E-state index is 12.0. The van der Waals surface area contributed by atoms with Gasteiger partial charge < -0.3 is 20.1 Å². The number of nitrogens with one attached hydrogen (secondary N) is 2. The Morgan fingerprint density at radius 2 is 1.58 bits per heavy atom. The summed E-state index contributed by atoms with van der Waals surface area (Å²) in [6, 6.07) is 0.528. The van der Waals surface area contributed by atoms with E-state index in [9.17, 15) is 4.79 Å². The Balaban J connectivity index is 1.40. The molecule has 5 nitrogen and oxygen atoms in total. The van der Waals surface area contributed by atoms with Gasteiger partial charge in [-0.3, -0.25) is 0 Å². The molecule has 19 heavy (non-hydrogen) atoms. The van der Waals surface area contributed by atoms with E-state index >= 15 is 0 Å². The maximum Gasteiger partial charge on any atom is 0.315 e. The van der Waals surface area contributed by atoms with Crippen LogP contribution in [0.1, 0.15) is 38.5 Å². The maximum atomic E-state index is 12.0. The van der Waals surface area contributed by atoms with E-state index in [0.29, 0.717) is 6.10 Å². The highest BCUT2D eigenvalue weighted by Gasteiger charge is 2.36. The summed E-state index contributed by atoms with van der Waals surface area (Å²) < 4.78 is 11.1. The van der Waals surface area contributed by atoms with Gasteiger partial charge in [-0.15, -0.1) is 0 Å². The van der Waals surface area contributed by atoms with Crippen molar-refractivity contribution in [2.24, 2.45) is 5.92 Å². The van der Waals surface area contributed by atoms with Crippen LogP contribution in [0.15, 0.2) is 0 Å². The zero-order valence-electron chi connectivity index (χ0n) is 11.4. The van der Waals surface area contributed by atoms with Crippen LogP contribution in [0.25, 0.3) is 0 Å². The van der Waals surface area contributed by atoms with Crippen molar-refractivity contribution in [3.63, 3.8) is 0 Å². The SMILES string of the molecule is O=C(NC1CCOCC1)NC1CCOC(C2CC2)C1. The van der Waals surface area contributed by atoms with Crippen LogP contribution in [0, 0.1) is 5.92 Å². The van der Waals surface area contributed by atoms with Gasteiger partial charge in [-0.2, -0.15) is 0 Å². The smallest absolute Gasteiger partial charge is 0.315 e. The standard InChI is InChI=1S/C14H24N2O3/c17-14(15-11-3-6-18-7-4-11)16-12-5-8-19-13(9-12)10-1-2-10/h10-13H,1-9H2,(H2,15,16,17). The number of urea groups is 1. The van der Waals surface area contributed by atoms with Crippen molar-refractivity contribution in [3.8, 4) is 0 Å². The molecule has 0 aromatic carbocycles. The molecule has 0 aromatic heterocycles. The Hall–Kier alpha value is -0.810. The molecule has 2 N–H and O–H groups in total. The molecule has 0 bridgehead atoms. The van der Waals surface area contributed by atoms with Gasteiger partial charge >= 0.3 is 6.03 Å². The van der Waals surface area contributed by atoms with E-state index in [0.717, 1.165) is 51.4 Å². The molecule has 3 fully saturated rings. The molecule has 2 amide bonds. The summed E-state index contributed by atoms with van der Waals surface area (Å²) in [4.78, 5) is 12.0. The van der Waals surface area contributed by atoms with Crippen LogP contribution in [0.5, 0.6) is 0 Å². The van der Waals surface area contributed by atoms with Crippen LogP contribution in [-0.2, 0) is 9.47 Å². The third-order valence-electron chi connectivity index (χ3n) is 4.35. The van der Waals surface area contributed by atoms with Crippen molar-refractivity contribution >= 4 is 6.03 Å². The minimum atomic E-state index is -0.0200. The number of carbonyl (C=O) groups excluding carboxylic acids is 1. The lowest BCUT2D eigenvalue weighted by atomic mass is 10.0. The van der Waals surface area contributed by atoms with Crippen LogP contribution in [0.2, 0.25) is 0 Å². The molecule has 2 atom stereocenters. The second-order valence-electron chi connectivity index (χ2n) is 5.97. The first kappa shape index (κ1) is 13.2. The summed E-state index contributed by atoms with van der Waals surface area (Å²) in [5, 5.41) is 6.16. The van der Waals surface area contributed by atoms with Gasteiger partial charge in [0, 0.05) is 31.9 Å². The summed E-state index contributed by atoms with van der Waals surface area (Å²) in [7, 11) is 0. The van der Waals surface area contributed by atoms with Crippen LogP contribution < -0.4 is 10.6 Å². The third kappa shape index (κ3) is 3.83. The van der Waals surface area contributed by atoms with Crippen LogP contribution in [-0.4, -0.2) is 44.0 Å². The average molecular weight is 268 g/mol. The second kappa shape index (κ2) is 6.09. The summed E-state index contributed by atoms with van der Waals surface area (Å²) >= 11 is 0. The summed E-state index contributed by atoms with van der Waals surface area (Å²) in [6.07, 6.45) is 6.73. The molecule has 3 rings (SSSR count). The fourth-order valence-electron chi connectivity index (χ4n) is 3.01. The minimum absolute atomic E-state index is 0.0200. The van der Waals surface area contributed by atoms with Crippen LogP contribution >= 0.6 is 0 Å². The Morgan fingerprint density at radius 1 is 0.895 bits per heavy atom. The van der Waals surface area contributed by atoms with Crippen LogP contribution in [0.3, 0.4) is 0 Å². The van der Waals surface area contributed by atoms with Crippen molar-refractivity contribution in [3.05, 3.63) is 0 Å². The highest BCUT2D eigenvalue weighted by molar-refractivity contribution is 5.74. The molecule has 5 heteroatoms. The normalized spacial score (nSPS) is 32.8. The molecule has 2 saturated heterocycles. The monoisotopic (exact) mass is 268 g/mol. The number of hydrogen-bond acceptors (Lipinski definition) is 3. The zero-order chi connectivity index (χ0) is 13.1. The molecule has 0 spiro atoms. The number of ether oxygens (including phenoxy) is 2. The lowest BCUT2D eigenvalue weighted by molar-refractivity contribution is -0.00927. The average Bonchev–Trinajstić information content (AvgIpc) is 3.24. The van der Waals surface area contributed by atoms with E-state index < -0.39 is 0 Å². The molecule has 1 aliphatic carbocycles. The van der Waals surface area contributed by atoms with Crippen molar-refractivity contribution in [1.82, 2.24) is 10.6 Å². The topological polar surface area (TPSA) is 59.6 Å². The zero-order valence-corrected chi connectivity index (χ0v) is 11.4. The Bertz CT molecular complexity index is 314. The van der Waals surface area contributed by atoms with Gasteiger partial charge in [0.1, 0.15) is 0 Å². The van der Waals surface area contributed by atoms with E-state index in [1.165, 1.54) is 12.8 Å². The van der Waals surface area contributed by atoms with Gasteiger partial charge in [0.2, 0.25) is 0 Å². The van der Waals surface area contributed by atoms with E-state index in [4.69, 9.17) is 9.47 Å². The fraction of sp³-hybridized carbons (Fsp3) is 0.929. The largest absolute Gasteiger partial charge is 0.381 e. The second-order valence-corrected chi connectivity index (χ2v) is 5.97. The van der Waals surface area contributed by atoms with Gasteiger partial charge in [-0.05, 0) is 44.4 Å². The highest BCUT2D eigenvalue weighted by Crippen LogP contribution is 2.38. The Labute approximate surface area is 114 Å². The molecule has 3 aliphatic rings. The Kier molecular flexibility index (Phi) is 4.23. The molecular formula is C14H24N2O3. The quantitative estimate of drug-likeness (QED) is 0.814. The third-order valence-corrected chi connectivity index (χ3v) is 4.35. The van der Waals surface area contributed by atoms with Crippen molar-refractivity contribution in [1.29, 1.82) is 0 Å². The molecular weight excluding hydrogens is 244 g/mol. The number of amides is 2. The summed E-state index contributed by atoms with van der Waals surface area (Å²) in [5.74, 6) is 0.753. The molecule has 2 heterocycles. The highest BCUT2D eigenvalue weighted by atomic mass is 16.5. The molecule has 2 aliphatic heterocycles. The van der Waals surface area contributed by atoms with Gasteiger partial charge in [0.15, 0.2) is 0 Å². The molecule has 0 radical (unpaired) electrons. The lowest BCUT2D eigenvalue weighted by Gasteiger charge is -2.31. The molecule has 2 unspecified atom stereocenters. The van der Waals surface area contributed by atoms with E-state index in [1.54, 1.807) is 0 Å². The lowest BCUT2D eigenvalue weighted by Crippen LogP contribution is -2.50. The van der Waals surface area contributed by atoms with Crippen molar-refractivity contribution < 1.29 is 14.3 Å². The first-order chi connectivity index (χ1) is 9.31. The molecule has 108 valence electrons. The van der Waals surface area contributed by atoms with Gasteiger partial charge in [-0.25, -0.2) is 4.79 Å². The van der Waals surface area contributed by atoms with Gasteiger partial charge in [0.25, 0.3) is 0 Å². The predicted molar refractivity (Wildman–Crippen MR) is 71.0 cm³/mol. The van der Waals surface area contributed by atoms with E-state index in [1.807, 2.05) is 0 Å². The van der Waals surface area contributed by atoms with Gasteiger partial charge in [0.05, 0.1) is 6.10 Å². The van der Waals surface area contributed by atoms with Crippen molar-refractivity contribution in [2.75, 3.05) is 19.8 Å². The molecule has 0 aromatic rings. The first-order valence-electron chi connectivity index (χ1n) is 7.57.